The first-order valence-electron chi connectivity index (χ1n) is 4.27. The number of allylic oxidation sites excluding steroid dienone is 3. The lowest BCUT2D eigenvalue weighted by atomic mass is 10.2. The molecular formula is C11H9NO3. The summed E-state index contributed by atoms with van der Waals surface area (Å²) in [4.78, 5) is 20.0. The van der Waals surface area contributed by atoms with E-state index in [2.05, 4.69) is 0 Å². The monoisotopic (exact) mass is 203 g/mol. The molecule has 0 saturated carbocycles. The molecule has 0 spiro atoms. The van der Waals surface area contributed by atoms with Crippen LogP contribution in [0.25, 0.3) is 6.08 Å². The number of nitro benzene ring substituents is 1. The molecule has 4 heteroatoms. The Morgan fingerprint density at radius 2 is 2.00 bits per heavy atom. The maximum absolute atomic E-state index is 10.5. The molecule has 15 heavy (non-hydrogen) atoms. The Morgan fingerprint density at radius 1 is 1.20 bits per heavy atom. The fraction of sp³-hybridized carbons (Fsp3) is 0. The van der Waals surface area contributed by atoms with Crippen molar-refractivity contribution in [3.05, 3.63) is 58.2 Å². The first-order chi connectivity index (χ1) is 7.24. The van der Waals surface area contributed by atoms with E-state index in [-0.39, 0.29) is 5.69 Å². The minimum Gasteiger partial charge on any atom is -0.299 e. The van der Waals surface area contributed by atoms with Gasteiger partial charge in [0.1, 0.15) is 6.29 Å². The van der Waals surface area contributed by atoms with Crippen LogP contribution in [0.5, 0.6) is 0 Å². The third-order valence-electron chi connectivity index (χ3n) is 1.67. The summed E-state index contributed by atoms with van der Waals surface area (Å²) in [6.45, 7) is 0. The Balaban J connectivity index is 2.82. The summed E-state index contributed by atoms with van der Waals surface area (Å²) in [5.41, 5.74) is 0.774. The average Bonchev–Trinajstić information content (AvgIpc) is 2.25. The lowest BCUT2D eigenvalue weighted by Gasteiger charge is -1.92. The highest BCUT2D eigenvalue weighted by Gasteiger charge is 2.02. The van der Waals surface area contributed by atoms with Crippen molar-refractivity contribution in [2.75, 3.05) is 0 Å². The third kappa shape index (κ3) is 3.56. The molecule has 0 aliphatic heterocycles. The zero-order valence-corrected chi connectivity index (χ0v) is 7.87. The number of hydrogen-bond donors (Lipinski definition) is 0. The van der Waals surface area contributed by atoms with Crippen LogP contribution in [-0.4, -0.2) is 11.2 Å². The highest BCUT2D eigenvalue weighted by molar-refractivity contribution is 5.66. The molecule has 0 heterocycles. The van der Waals surface area contributed by atoms with Crippen LogP contribution in [-0.2, 0) is 4.79 Å². The van der Waals surface area contributed by atoms with Crippen LogP contribution < -0.4 is 0 Å². The molecule has 0 fully saturated rings. The van der Waals surface area contributed by atoms with Gasteiger partial charge in [0, 0.05) is 12.1 Å². The fourth-order valence-electron chi connectivity index (χ4n) is 1.02. The van der Waals surface area contributed by atoms with Crippen molar-refractivity contribution in [3.8, 4) is 0 Å². The van der Waals surface area contributed by atoms with E-state index in [4.69, 9.17) is 0 Å². The Morgan fingerprint density at radius 3 is 2.67 bits per heavy atom. The van der Waals surface area contributed by atoms with Gasteiger partial charge >= 0.3 is 0 Å². The molecule has 0 atom stereocenters. The predicted molar refractivity (Wildman–Crippen MR) is 57.3 cm³/mol. The highest BCUT2D eigenvalue weighted by atomic mass is 16.6. The van der Waals surface area contributed by atoms with E-state index in [0.29, 0.717) is 6.29 Å². The van der Waals surface area contributed by atoms with Gasteiger partial charge in [-0.05, 0) is 11.6 Å². The molecule has 1 rings (SSSR count). The second-order valence-corrected chi connectivity index (χ2v) is 2.73. The van der Waals surface area contributed by atoms with Crippen LogP contribution in [0.1, 0.15) is 5.56 Å². The lowest BCUT2D eigenvalue weighted by Crippen LogP contribution is -1.87. The number of nitrogens with zero attached hydrogens (tertiary/aromatic N) is 1. The van der Waals surface area contributed by atoms with Crippen molar-refractivity contribution in [1.82, 2.24) is 0 Å². The number of rotatable bonds is 4. The van der Waals surface area contributed by atoms with Gasteiger partial charge in [0.15, 0.2) is 0 Å². The summed E-state index contributed by atoms with van der Waals surface area (Å²) in [6.07, 6.45) is 6.90. The molecule has 1 aromatic carbocycles. The Hall–Kier alpha value is -2.23. The number of nitro groups is 1. The molecule has 0 amide bonds. The van der Waals surface area contributed by atoms with Gasteiger partial charge in [-0.1, -0.05) is 30.4 Å². The molecule has 0 unspecified atom stereocenters. The molecule has 76 valence electrons. The second-order valence-electron chi connectivity index (χ2n) is 2.73. The maximum Gasteiger partial charge on any atom is 0.270 e. The summed E-state index contributed by atoms with van der Waals surface area (Å²) >= 11 is 0. The maximum atomic E-state index is 10.5. The number of non-ortho nitro benzene ring substituents is 1. The second kappa shape index (κ2) is 5.49. The summed E-state index contributed by atoms with van der Waals surface area (Å²) in [5, 5.41) is 10.5. The fourth-order valence-corrected chi connectivity index (χ4v) is 1.02. The van der Waals surface area contributed by atoms with Gasteiger partial charge in [-0.15, -0.1) is 0 Å². The number of aldehydes is 1. The minimum absolute atomic E-state index is 0.0523. The van der Waals surface area contributed by atoms with Crippen molar-refractivity contribution < 1.29 is 9.72 Å². The van der Waals surface area contributed by atoms with Gasteiger partial charge in [-0.2, -0.15) is 0 Å². The van der Waals surface area contributed by atoms with E-state index in [9.17, 15) is 14.9 Å². The standard InChI is InChI=1S/C11H9NO3/c13-8-3-1-2-5-10-6-4-7-11(9-10)12(14)15/h1-9H/b3-1+,5-2+. The smallest absolute Gasteiger partial charge is 0.270 e. The molecule has 0 aliphatic carbocycles. The number of carbonyl (C=O) groups is 1. The van der Waals surface area contributed by atoms with E-state index < -0.39 is 4.92 Å². The van der Waals surface area contributed by atoms with E-state index in [1.54, 1.807) is 30.4 Å². The van der Waals surface area contributed by atoms with Crippen molar-refractivity contribution in [2.45, 2.75) is 0 Å². The first-order valence-corrected chi connectivity index (χ1v) is 4.27. The van der Waals surface area contributed by atoms with Gasteiger partial charge in [0.25, 0.3) is 5.69 Å². The number of hydrogen-bond acceptors (Lipinski definition) is 3. The van der Waals surface area contributed by atoms with Crippen LogP contribution in [0.3, 0.4) is 0 Å². The molecule has 0 aromatic heterocycles. The van der Waals surface area contributed by atoms with Gasteiger partial charge in [-0.25, -0.2) is 0 Å². The Kier molecular flexibility index (Phi) is 3.97. The van der Waals surface area contributed by atoms with Gasteiger partial charge in [0.05, 0.1) is 4.92 Å². The SMILES string of the molecule is O=C/C=C/C=C/c1cccc([N+](=O)[O-])c1. The van der Waals surface area contributed by atoms with E-state index in [0.717, 1.165) is 5.56 Å². The van der Waals surface area contributed by atoms with Crippen molar-refractivity contribution in [1.29, 1.82) is 0 Å². The molecule has 4 nitrogen and oxygen atoms in total. The molecular weight excluding hydrogens is 194 g/mol. The normalized spacial score (nSPS) is 10.9. The van der Waals surface area contributed by atoms with Crippen molar-refractivity contribution in [3.63, 3.8) is 0 Å². The van der Waals surface area contributed by atoms with E-state index >= 15 is 0 Å². The van der Waals surface area contributed by atoms with Crippen molar-refractivity contribution in [2.24, 2.45) is 0 Å². The zero-order chi connectivity index (χ0) is 11.1. The molecule has 0 saturated heterocycles. The Bertz CT molecular complexity index is 422. The predicted octanol–water partition coefficient (Wildman–Crippen LogP) is 2.36. The van der Waals surface area contributed by atoms with E-state index in [1.807, 2.05) is 0 Å². The van der Waals surface area contributed by atoms with Crippen LogP contribution in [0.15, 0.2) is 42.5 Å². The molecule has 0 bridgehead atoms. The summed E-state index contributed by atoms with van der Waals surface area (Å²) in [5.74, 6) is 0. The summed E-state index contributed by atoms with van der Waals surface area (Å²) < 4.78 is 0. The topological polar surface area (TPSA) is 60.2 Å². The number of benzene rings is 1. The third-order valence-corrected chi connectivity index (χ3v) is 1.67. The van der Waals surface area contributed by atoms with Gasteiger partial charge in [0.2, 0.25) is 0 Å². The van der Waals surface area contributed by atoms with Gasteiger partial charge < -0.3 is 0 Å². The molecule has 0 radical (unpaired) electrons. The zero-order valence-electron chi connectivity index (χ0n) is 7.87. The quantitative estimate of drug-likeness (QED) is 0.248. The number of carbonyl (C=O) groups excluding carboxylic acids is 1. The Labute approximate surface area is 86.7 Å². The first kappa shape index (κ1) is 10.8. The molecule has 0 aliphatic rings. The van der Waals surface area contributed by atoms with Crippen molar-refractivity contribution >= 4 is 18.0 Å². The summed E-state index contributed by atoms with van der Waals surface area (Å²) in [7, 11) is 0. The summed E-state index contributed by atoms with van der Waals surface area (Å²) in [6, 6.07) is 6.25. The van der Waals surface area contributed by atoms with Crippen LogP contribution >= 0.6 is 0 Å². The largest absolute Gasteiger partial charge is 0.299 e. The lowest BCUT2D eigenvalue weighted by molar-refractivity contribution is -0.384. The van der Waals surface area contributed by atoms with Crippen LogP contribution in [0, 0.1) is 10.1 Å². The van der Waals surface area contributed by atoms with E-state index in [1.165, 1.54) is 18.2 Å². The highest BCUT2D eigenvalue weighted by Crippen LogP contribution is 2.13. The van der Waals surface area contributed by atoms with Gasteiger partial charge in [-0.3, -0.25) is 14.9 Å². The molecule has 0 N–H and O–H groups in total. The minimum atomic E-state index is -0.446. The average molecular weight is 203 g/mol. The van der Waals surface area contributed by atoms with Crippen LogP contribution in [0.2, 0.25) is 0 Å². The molecule has 1 aromatic rings. The van der Waals surface area contributed by atoms with Crippen LogP contribution in [0.4, 0.5) is 5.69 Å².